The van der Waals surface area contributed by atoms with Gasteiger partial charge in [-0.1, -0.05) is 42.7 Å². The standard InChI is InChI=1S/C15H18O3/c1-11-5-7-12(8-6-11)14-9-3-2-4-10-15(14,18-14)13(16)17/h5-8H,2-4,9-10H2,1H3,(H,16,17). The van der Waals surface area contributed by atoms with Crippen molar-refractivity contribution in [2.45, 2.75) is 50.2 Å². The molecule has 1 heterocycles. The summed E-state index contributed by atoms with van der Waals surface area (Å²) in [6, 6.07) is 8.10. The molecule has 96 valence electrons. The maximum Gasteiger partial charge on any atom is 0.339 e. The highest BCUT2D eigenvalue weighted by atomic mass is 16.7. The van der Waals surface area contributed by atoms with Gasteiger partial charge in [0.05, 0.1) is 0 Å². The van der Waals surface area contributed by atoms with Crippen molar-refractivity contribution in [1.82, 2.24) is 0 Å². The molecule has 2 unspecified atom stereocenters. The Morgan fingerprint density at radius 3 is 2.50 bits per heavy atom. The molecule has 0 aromatic heterocycles. The number of rotatable bonds is 2. The average molecular weight is 246 g/mol. The highest BCUT2D eigenvalue weighted by Gasteiger charge is 2.75. The number of epoxide rings is 1. The number of carbonyl (C=O) groups is 1. The summed E-state index contributed by atoms with van der Waals surface area (Å²) in [5.41, 5.74) is 0.685. The van der Waals surface area contributed by atoms with Crippen molar-refractivity contribution in [2.24, 2.45) is 0 Å². The van der Waals surface area contributed by atoms with E-state index in [9.17, 15) is 9.90 Å². The number of hydrogen-bond acceptors (Lipinski definition) is 2. The quantitative estimate of drug-likeness (QED) is 0.816. The Balaban J connectivity index is 2.02. The van der Waals surface area contributed by atoms with Gasteiger partial charge in [-0.2, -0.15) is 0 Å². The normalized spacial score (nSPS) is 34.5. The Labute approximate surface area is 107 Å². The van der Waals surface area contributed by atoms with E-state index in [0.29, 0.717) is 6.42 Å². The van der Waals surface area contributed by atoms with E-state index in [0.717, 1.165) is 31.2 Å². The maximum atomic E-state index is 11.6. The third-order valence-corrected chi connectivity index (χ3v) is 4.38. The summed E-state index contributed by atoms with van der Waals surface area (Å²) >= 11 is 0. The van der Waals surface area contributed by atoms with E-state index < -0.39 is 17.2 Å². The van der Waals surface area contributed by atoms with Crippen LogP contribution in [0.3, 0.4) is 0 Å². The van der Waals surface area contributed by atoms with Gasteiger partial charge >= 0.3 is 5.97 Å². The second-order valence-electron chi connectivity index (χ2n) is 5.49. The van der Waals surface area contributed by atoms with Crippen LogP contribution in [0.5, 0.6) is 0 Å². The summed E-state index contributed by atoms with van der Waals surface area (Å²) < 4.78 is 5.82. The predicted molar refractivity (Wildman–Crippen MR) is 67.4 cm³/mol. The van der Waals surface area contributed by atoms with Crippen molar-refractivity contribution in [3.63, 3.8) is 0 Å². The van der Waals surface area contributed by atoms with E-state index in [1.807, 2.05) is 31.2 Å². The molecule has 1 saturated carbocycles. The van der Waals surface area contributed by atoms with Gasteiger partial charge in [-0.15, -0.1) is 0 Å². The van der Waals surface area contributed by atoms with E-state index >= 15 is 0 Å². The van der Waals surface area contributed by atoms with Crippen molar-refractivity contribution < 1.29 is 14.6 Å². The Morgan fingerprint density at radius 2 is 1.83 bits per heavy atom. The molecule has 1 aromatic carbocycles. The lowest BCUT2D eigenvalue weighted by atomic mass is 9.82. The van der Waals surface area contributed by atoms with E-state index in [1.165, 1.54) is 5.56 Å². The first kappa shape index (κ1) is 11.7. The largest absolute Gasteiger partial charge is 0.479 e. The minimum atomic E-state index is -0.960. The van der Waals surface area contributed by atoms with E-state index in [1.54, 1.807) is 0 Å². The molecule has 0 amide bonds. The molecule has 2 atom stereocenters. The zero-order valence-corrected chi connectivity index (χ0v) is 10.6. The number of fused-ring (bicyclic) bond motifs is 1. The predicted octanol–water partition coefficient (Wildman–Crippen LogP) is 3.01. The van der Waals surface area contributed by atoms with Gasteiger partial charge in [0.15, 0.2) is 5.60 Å². The maximum absolute atomic E-state index is 11.6. The summed E-state index contributed by atoms with van der Waals surface area (Å²) in [4.78, 5) is 11.6. The molecule has 1 saturated heterocycles. The average Bonchev–Trinajstić information content (AvgIpc) is 3.01. The lowest BCUT2D eigenvalue weighted by Gasteiger charge is -2.15. The molecule has 0 bridgehead atoms. The molecule has 3 nitrogen and oxygen atoms in total. The van der Waals surface area contributed by atoms with Gasteiger partial charge in [-0.05, 0) is 31.7 Å². The second kappa shape index (κ2) is 3.82. The third kappa shape index (κ3) is 1.43. The topological polar surface area (TPSA) is 49.8 Å². The van der Waals surface area contributed by atoms with Gasteiger partial charge in [-0.25, -0.2) is 4.79 Å². The number of carboxylic acid groups (broad SMARTS) is 1. The van der Waals surface area contributed by atoms with Crippen molar-refractivity contribution >= 4 is 5.97 Å². The molecular weight excluding hydrogens is 228 g/mol. The first-order chi connectivity index (χ1) is 8.61. The van der Waals surface area contributed by atoms with Gasteiger partial charge < -0.3 is 9.84 Å². The van der Waals surface area contributed by atoms with Crippen molar-refractivity contribution in [3.8, 4) is 0 Å². The summed E-state index contributed by atoms with van der Waals surface area (Å²) in [5.74, 6) is -0.801. The molecule has 1 N–H and O–H groups in total. The number of ether oxygens (including phenoxy) is 1. The summed E-state index contributed by atoms with van der Waals surface area (Å²) in [5, 5.41) is 9.52. The number of aryl methyl sites for hydroxylation is 1. The van der Waals surface area contributed by atoms with Crippen LogP contribution in [-0.4, -0.2) is 16.7 Å². The van der Waals surface area contributed by atoms with Crippen molar-refractivity contribution in [2.75, 3.05) is 0 Å². The van der Waals surface area contributed by atoms with E-state index in [2.05, 4.69) is 0 Å². The van der Waals surface area contributed by atoms with Crippen molar-refractivity contribution in [1.29, 1.82) is 0 Å². The van der Waals surface area contributed by atoms with Crippen LogP contribution in [0.25, 0.3) is 0 Å². The number of carboxylic acids is 1. The first-order valence-corrected chi connectivity index (χ1v) is 6.61. The number of hydrogen-bond donors (Lipinski definition) is 1. The van der Waals surface area contributed by atoms with Crippen molar-refractivity contribution in [3.05, 3.63) is 35.4 Å². The van der Waals surface area contributed by atoms with Gasteiger partial charge in [0.25, 0.3) is 0 Å². The number of benzene rings is 1. The Hall–Kier alpha value is -1.35. The molecule has 0 radical (unpaired) electrons. The third-order valence-electron chi connectivity index (χ3n) is 4.38. The molecular formula is C15H18O3. The Morgan fingerprint density at radius 1 is 1.17 bits per heavy atom. The monoisotopic (exact) mass is 246 g/mol. The molecule has 2 aliphatic rings. The van der Waals surface area contributed by atoms with Crippen LogP contribution in [0.4, 0.5) is 0 Å². The van der Waals surface area contributed by atoms with Crippen LogP contribution in [-0.2, 0) is 15.1 Å². The first-order valence-electron chi connectivity index (χ1n) is 6.61. The molecule has 18 heavy (non-hydrogen) atoms. The lowest BCUT2D eigenvalue weighted by molar-refractivity contribution is -0.143. The summed E-state index contributed by atoms with van der Waals surface area (Å²) in [6.07, 6.45) is 4.55. The Bertz CT molecular complexity index is 479. The van der Waals surface area contributed by atoms with Crippen LogP contribution >= 0.6 is 0 Å². The highest BCUT2D eigenvalue weighted by Crippen LogP contribution is 2.62. The molecule has 1 aliphatic carbocycles. The molecule has 1 aliphatic heterocycles. The molecule has 1 aromatic rings. The van der Waals surface area contributed by atoms with Gasteiger partial charge in [0, 0.05) is 0 Å². The SMILES string of the molecule is Cc1ccc(C23CCCCCC2(C(=O)O)O3)cc1. The summed E-state index contributed by atoms with van der Waals surface area (Å²) in [7, 11) is 0. The highest BCUT2D eigenvalue weighted by molar-refractivity contribution is 5.83. The van der Waals surface area contributed by atoms with Gasteiger partial charge in [-0.3, -0.25) is 0 Å². The zero-order valence-electron chi connectivity index (χ0n) is 10.6. The fourth-order valence-corrected chi connectivity index (χ4v) is 3.29. The van der Waals surface area contributed by atoms with E-state index in [4.69, 9.17) is 4.74 Å². The minimum absolute atomic E-state index is 0.566. The van der Waals surface area contributed by atoms with Gasteiger partial charge in [0.1, 0.15) is 5.60 Å². The van der Waals surface area contributed by atoms with Crippen LogP contribution in [0.2, 0.25) is 0 Å². The fraction of sp³-hybridized carbons (Fsp3) is 0.533. The van der Waals surface area contributed by atoms with Crippen LogP contribution in [0, 0.1) is 6.92 Å². The van der Waals surface area contributed by atoms with Crippen LogP contribution < -0.4 is 0 Å². The zero-order chi connectivity index (χ0) is 12.8. The minimum Gasteiger partial charge on any atom is -0.479 e. The summed E-state index contributed by atoms with van der Waals surface area (Å²) in [6.45, 7) is 2.03. The molecule has 2 fully saturated rings. The smallest absolute Gasteiger partial charge is 0.339 e. The Kier molecular flexibility index (Phi) is 2.49. The van der Waals surface area contributed by atoms with Crippen LogP contribution in [0.1, 0.15) is 43.2 Å². The number of aliphatic carboxylic acids is 1. The molecule has 3 heteroatoms. The molecule has 0 spiro atoms. The lowest BCUT2D eigenvalue weighted by Crippen LogP contribution is -2.32. The van der Waals surface area contributed by atoms with Crippen LogP contribution in [0.15, 0.2) is 24.3 Å². The fourth-order valence-electron chi connectivity index (χ4n) is 3.29. The van der Waals surface area contributed by atoms with E-state index in [-0.39, 0.29) is 0 Å². The molecule has 3 rings (SSSR count). The van der Waals surface area contributed by atoms with Gasteiger partial charge in [0.2, 0.25) is 0 Å². The second-order valence-corrected chi connectivity index (χ2v) is 5.49.